The van der Waals surface area contributed by atoms with E-state index in [-0.39, 0.29) is 6.54 Å². The van der Waals surface area contributed by atoms with Gasteiger partial charge in [-0.1, -0.05) is 34.0 Å². The summed E-state index contributed by atoms with van der Waals surface area (Å²) in [4.78, 5) is 5.35. The van der Waals surface area contributed by atoms with Gasteiger partial charge in [0, 0.05) is 15.5 Å². The van der Waals surface area contributed by atoms with Crippen molar-refractivity contribution >= 4 is 5.69 Å². The molecule has 0 atom stereocenters. The summed E-state index contributed by atoms with van der Waals surface area (Å²) in [6.07, 6.45) is 0. The molecule has 0 heterocycles. The fourth-order valence-electron chi connectivity index (χ4n) is 1.09. The molecule has 0 aliphatic heterocycles. The molecule has 1 aromatic rings. The summed E-state index contributed by atoms with van der Waals surface area (Å²) in [6, 6.07) is 5.37. The molecular formula is C8H8N6. The fourth-order valence-corrected chi connectivity index (χ4v) is 1.09. The molecular weight excluding hydrogens is 180 g/mol. The number of hydrogen-bond donors (Lipinski definition) is 0. The zero-order valence-corrected chi connectivity index (χ0v) is 7.62. The van der Waals surface area contributed by atoms with Crippen molar-refractivity contribution in [1.29, 1.82) is 0 Å². The lowest BCUT2D eigenvalue weighted by molar-refractivity contribution is 1.04. The molecule has 0 fully saturated rings. The van der Waals surface area contributed by atoms with E-state index in [0.29, 0.717) is 5.69 Å². The molecule has 0 aromatic heterocycles. The highest BCUT2D eigenvalue weighted by Gasteiger charge is 1.99. The van der Waals surface area contributed by atoms with Crippen molar-refractivity contribution in [3.63, 3.8) is 0 Å². The third-order valence-electron chi connectivity index (χ3n) is 1.69. The minimum absolute atomic E-state index is 0.201. The first kappa shape index (κ1) is 9.92. The Balaban J connectivity index is 3.14. The molecule has 0 radical (unpaired) electrons. The highest BCUT2D eigenvalue weighted by atomic mass is 15.1. The topological polar surface area (TPSA) is 97.5 Å². The number of hydrogen-bond acceptors (Lipinski definition) is 2. The average Bonchev–Trinajstić information content (AvgIpc) is 2.18. The van der Waals surface area contributed by atoms with Gasteiger partial charge in [0.2, 0.25) is 0 Å². The van der Waals surface area contributed by atoms with Crippen molar-refractivity contribution in [1.82, 2.24) is 0 Å². The summed E-state index contributed by atoms with van der Waals surface area (Å²) in [5.74, 6) is 0. The monoisotopic (exact) mass is 188 g/mol. The minimum Gasteiger partial charge on any atom is -0.0893 e. The molecule has 14 heavy (non-hydrogen) atoms. The predicted molar refractivity (Wildman–Crippen MR) is 52.8 cm³/mol. The smallest absolute Gasteiger partial charge is 0.0515 e. The fraction of sp³-hybridized carbons (Fsp3) is 0.250. The van der Waals surface area contributed by atoms with E-state index in [0.717, 1.165) is 11.1 Å². The van der Waals surface area contributed by atoms with Crippen molar-refractivity contribution in [3.8, 4) is 0 Å². The van der Waals surface area contributed by atoms with Crippen LogP contribution in [-0.2, 0) is 6.54 Å². The summed E-state index contributed by atoms with van der Waals surface area (Å²) in [7, 11) is 0. The van der Waals surface area contributed by atoms with Gasteiger partial charge in [0.05, 0.1) is 6.54 Å². The second-order valence-electron chi connectivity index (χ2n) is 2.71. The SMILES string of the molecule is Cc1ccc(N=[N+]=[N-])c(CN=[N+]=[N-])c1. The molecule has 0 amide bonds. The Bertz CT molecular complexity index is 425. The zero-order chi connectivity index (χ0) is 10.4. The van der Waals surface area contributed by atoms with Crippen LogP contribution >= 0.6 is 0 Å². The molecule has 6 nitrogen and oxygen atoms in total. The maximum Gasteiger partial charge on any atom is 0.0515 e. The van der Waals surface area contributed by atoms with Crippen LogP contribution < -0.4 is 0 Å². The quantitative estimate of drug-likeness (QED) is 0.392. The summed E-state index contributed by atoms with van der Waals surface area (Å²) < 4.78 is 0. The molecule has 0 saturated carbocycles. The molecule has 0 bridgehead atoms. The minimum atomic E-state index is 0.201. The van der Waals surface area contributed by atoms with Crippen LogP contribution in [0.15, 0.2) is 28.4 Å². The normalized spacial score (nSPS) is 8.64. The van der Waals surface area contributed by atoms with Gasteiger partial charge >= 0.3 is 0 Å². The Kier molecular flexibility index (Phi) is 3.38. The van der Waals surface area contributed by atoms with Crippen molar-refractivity contribution in [2.24, 2.45) is 10.2 Å². The lowest BCUT2D eigenvalue weighted by atomic mass is 10.1. The van der Waals surface area contributed by atoms with Crippen LogP contribution in [0.5, 0.6) is 0 Å². The van der Waals surface area contributed by atoms with E-state index in [9.17, 15) is 0 Å². The van der Waals surface area contributed by atoms with E-state index in [2.05, 4.69) is 20.1 Å². The third kappa shape index (κ3) is 2.42. The van der Waals surface area contributed by atoms with E-state index in [1.807, 2.05) is 19.1 Å². The molecule has 0 aliphatic rings. The van der Waals surface area contributed by atoms with Gasteiger partial charge in [0.15, 0.2) is 0 Å². The first-order chi connectivity index (χ1) is 6.77. The van der Waals surface area contributed by atoms with Gasteiger partial charge in [-0.05, 0) is 23.5 Å². The van der Waals surface area contributed by atoms with Crippen LogP contribution in [0.25, 0.3) is 20.9 Å². The van der Waals surface area contributed by atoms with Gasteiger partial charge in [-0.2, -0.15) is 0 Å². The van der Waals surface area contributed by atoms with Gasteiger partial charge in [-0.15, -0.1) is 0 Å². The first-order valence-electron chi connectivity index (χ1n) is 3.93. The Morgan fingerprint density at radius 3 is 2.71 bits per heavy atom. The van der Waals surface area contributed by atoms with Crippen LogP contribution in [0.3, 0.4) is 0 Å². The number of azide groups is 2. The predicted octanol–water partition coefficient (Wildman–Crippen LogP) is 3.75. The summed E-state index contributed by atoms with van der Waals surface area (Å²) in [6.45, 7) is 2.12. The Labute approximate surface area is 80.4 Å². The highest BCUT2D eigenvalue weighted by molar-refractivity contribution is 5.47. The lowest BCUT2D eigenvalue weighted by Crippen LogP contribution is -1.83. The zero-order valence-electron chi connectivity index (χ0n) is 7.62. The van der Waals surface area contributed by atoms with E-state index in [1.165, 1.54) is 0 Å². The van der Waals surface area contributed by atoms with Crippen molar-refractivity contribution in [2.45, 2.75) is 13.5 Å². The summed E-state index contributed by atoms with van der Waals surface area (Å²) in [5, 5.41) is 6.92. The van der Waals surface area contributed by atoms with Crippen LogP contribution in [0.2, 0.25) is 0 Å². The Morgan fingerprint density at radius 1 is 1.29 bits per heavy atom. The maximum absolute atomic E-state index is 8.29. The third-order valence-corrected chi connectivity index (χ3v) is 1.69. The molecule has 0 N–H and O–H groups in total. The standard InChI is InChI=1S/C8H8N6/c1-6-2-3-8(12-14-10)7(4-6)5-11-13-9/h2-4H,5H2,1H3. The maximum atomic E-state index is 8.29. The molecule has 1 rings (SSSR count). The molecule has 6 heteroatoms. The number of benzene rings is 1. The largest absolute Gasteiger partial charge is 0.0893 e. The van der Waals surface area contributed by atoms with Crippen LogP contribution in [0.4, 0.5) is 5.69 Å². The lowest BCUT2D eigenvalue weighted by Gasteiger charge is -2.02. The molecule has 0 unspecified atom stereocenters. The average molecular weight is 188 g/mol. The van der Waals surface area contributed by atoms with Crippen LogP contribution in [0, 0.1) is 6.92 Å². The van der Waals surface area contributed by atoms with E-state index < -0.39 is 0 Å². The van der Waals surface area contributed by atoms with Crippen molar-refractivity contribution in [3.05, 3.63) is 50.2 Å². The molecule has 70 valence electrons. The van der Waals surface area contributed by atoms with Gasteiger partial charge < -0.3 is 0 Å². The molecule has 1 aromatic carbocycles. The second-order valence-corrected chi connectivity index (χ2v) is 2.71. The Hall–Kier alpha value is -2.16. The summed E-state index contributed by atoms with van der Waals surface area (Å²) >= 11 is 0. The van der Waals surface area contributed by atoms with Gasteiger partial charge in [0.1, 0.15) is 0 Å². The van der Waals surface area contributed by atoms with E-state index in [1.54, 1.807) is 6.07 Å². The van der Waals surface area contributed by atoms with Gasteiger partial charge in [-0.25, -0.2) is 0 Å². The Morgan fingerprint density at radius 2 is 2.07 bits per heavy atom. The molecule has 0 aliphatic carbocycles. The number of rotatable bonds is 3. The van der Waals surface area contributed by atoms with E-state index in [4.69, 9.17) is 11.1 Å². The second kappa shape index (κ2) is 4.77. The van der Waals surface area contributed by atoms with Crippen LogP contribution in [0.1, 0.15) is 11.1 Å². The molecule has 0 spiro atoms. The van der Waals surface area contributed by atoms with Crippen molar-refractivity contribution < 1.29 is 0 Å². The van der Waals surface area contributed by atoms with Crippen molar-refractivity contribution in [2.75, 3.05) is 0 Å². The number of nitrogens with zero attached hydrogens (tertiary/aromatic N) is 6. The van der Waals surface area contributed by atoms with E-state index >= 15 is 0 Å². The first-order valence-corrected chi connectivity index (χ1v) is 3.93. The highest BCUT2D eigenvalue weighted by Crippen LogP contribution is 2.21. The van der Waals surface area contributed by atoms with Gasteiger partial charge in [0.25, 0.3) is 0 Å². The molecule has 0 saturated heterocycles. The number of aryl methyl sites for hydroxylation is 1. The summed E-state index contributed by atoms with van der Waals surface area (Å²) in [5.41, 5.74) is 18.7. The van der Waals surface area contributed by atoms with Crippen LogP contribution in [-0.4, -0.2) is 0 Å². The van der Waals surface area contributed by atoms with Gasteiger partial charge in [-0.3, -0.25) is 0 Å².